The second-order valence-corrected chi connectivity index (χ2v) is 3.89. The molecule has 1 aromatic rings. The molecule has 1 unspecified atom stereocenters. The summed E-state index contributed by atoms with van der Waals surface area (Å²) >= 11 is 0. The summed E-state index contributed by atoms with van der Waals surface area (Å²) in [6.45, 7) is 7.98. The zero-order valence-corrected chi connectivity index (χ0v) is 9.92. The Morgan fingerprint density at radius 2 is 2.20 bits per heavy atom. The minimum Gasteiger partial charge on any atom is -0.383 e. The topological polar surface area (TPSA) is 21.3 Å². The molecular weight excluding hydrogens is 186 g/mol. The minimum absolute atomic E-state index is 0.365. The molecule has 15 heavy (non-hydrogen) atoms. The molecule has 1 atom stereocenters. The van der Waals surface area contributed by atoms with E-state index >= 15 is 0 Å². The van der Waals surface area contributed by atoms with Crippen LogP contribution in [0.1, 0.15) is 25.8 Å². The molecule has 1 rings (SSSR count). The maximum absolute atomic E-state index is 5.58. The van der Waals surface area contributed by atoms with Crippen LogP contribution in [0, 0.1) is 6.92 Å². The van der Waals surface area contributed by atoms with Crippen molar-refractivity contribution in [3.8, 4) is 0 Å². The van der Waals surface area contributed by atoms with Crippen LogP contribution in [-0.2, 0) is 4.74 Å². The summed E-state index contributed by atoms with van der Waals surface area (Å²) < 4.78 is 5.58. The van der Waals surface area contributed by atoms with Crippen molar-refractivity contribution in [2.45, 2.75) is 33.3 Å². The fraction of sp³-hybridized carbons (Fsp3) is 0.538. The Morgan fingerprint density at radius 3 is 2.87 bits per heavy atom. The molecule has 0 fully saturated rings. The number of ether oxygens (including phenoxy) is 1. The van der Waals surface area contributed by atoms with E-state index in [2.05, 4.69) is 50.4 Å². The lowest BCUT2D eigenvalue weighted by molar-refractivity contribution is 0.0713. The molecule has 1 aromatic carbocycles. The van der Waals surface area contributed by atoms with E-state index in [1.54, 1.807) is 0 Å². The normalized spacial score (nSPS) is 12.5. The molecule has 0 spiro atoms. The van der Waals surface area contributed by atoms with E-state index in [-0.39, 0.29) is 0 Å². The first-order chi connectivity index (χ1) is 7.22. The standard InChI is InChI=1S/C13H21NO/c1-4-12(3)15-9-8-14-13-7-5-6-11(2)10-13/h5-7,10,12,14H,4,8-9H2,1-3H3. The number of benzene rings is 1. The predicted octanol–water partition coefficient (Wildman–Crippen LogP) is 3.22. The molecule has 84 valence electrons. The highest BCUT2D eigenvalue weighted by atomic mass is 16.5. The summed E-state index contributed by atoms with van der Waals surface area (Å²) in [5, 5.41) is 3.34. The van der Waals surface area contributed by atoms with Gasteiger partial charge in [-0.15, -0.1) is 0 Å². The molecular formula is C13H21NO. The van der Waals surface area contributed by atoms with Gasteiger partial charge in [-0.1, -0.05) is 19.1 Å². The molecule has 0 radical (unpaired) electrons. The summed E-state index contributed by atoms with van der Waals surface area (Å²) in [4.78, 5) is 0. The maximum atomic E-state index is 5.58. The Hall–Kier alpha value is -1.02. The van der Waals surface area contributed by atoms with Gasteiger partial charge in [0.15, 0.2) is 0 Å². The van der Waals surface area contributed by atoms with Crippen molar-refractivity contribution >= 4 is 5.69 Å². The van der Waals surface area contributed by atoms with E-state index in [4.69, 9.17) is 4.74 Å². The number of hydrogen-bond donors (Lipinski definition) is 1. The Balaban J connectivity index is 2.20. The van der Waals surface area contributed by atoms with Crippen molar-refractivity contribution in [1.82, 2.24) is 0 Å². The molecule has 1 N–H and O–H groups in total. The molecule has 0 aliphatic carbocycles. The van der Waals surface area contributed by atoms with Gasteiger partial charge in [-0.05, 0) is 38.0 Å². The number of anilines is 1. The predicted molar refractivity (Wildman–Crippen MR) is 65.4 cm³/mol. The van der Waals surface area contributed by atoms with Gasteiger partial charge in [0.25, 0.3) is 0 Å². The lowest BCUT2D eigenvalue weighted by Gasteiger charge is -2.11. The lowest BCUT2D eigenvalue weighted by Crippen LogP contribution is -2.14. The fourth-order valence-electron chi connectivity index (χ4n) is 1.33. The molecule has 0 heterocycles. The summed E-state index contributed by atoms with van der Waals surface area (Å²) in [7, 11) is 0. The van der Waals surface area contributed by atoms with E-state index in [1.165, 1.54) is 11.3 Å². The first-order valence-corrected chi connectivity index (χ1v) is 5.64. The smallest absolute Gasteiger partial charge is 0.0642 e. The Morgan fingerprint density at radius 1 is 1.40 bits per heavy atom. The Labute approximate surface area is 92.6 Å². The number of hydrogen-bond acceptors (Lipinski definition) is 2. The number of rotatable bonds is 6. The molecule has 0 amide bonds. The van der Waals surface area contributed by atoms with Gasteiger partial charge in [-0.2, -0.15) is 0 Å². The van der Waals surface area contributed by atoms with Gasteiger partial charge in [0.05, 0.1) is 12.7 Å². The number of nitrogens with one attached hydrogen (secondary N) is 1. The minimum atomic E-state index is 0.365. The highest BCUT2D eigenvalue weighted by molar-refractivity contribution is 5.45. The molecule has 2 nitrogen and oxygen atoms in total. The molecule has 0 aliphatic rings. The van der Waals surface area contributed by atoms with Gasteiger partial charge in [0, 0.05) is 12.2 Å². The largest absolute Gasteiger partial charge is 0.383 e. The zero-order valence-electron chi connectivity index (χ0n) is 9.92. The summed E-state index contributed by atoms with van der Waals surface area (Å²) in [6.07, 6.45) is 1.44. The first-order valence-electron chi connectivity index (χ1n) is 5.64. The Bertz CT molecular complexity index is 286. The highest BCUT2D eigenvalue weighted by Gasteiger charge is 1.97. The van der Waals surface area contributed by atoms with Crippen LogP contribution in [0.5, 0.6) is 0 Å². The van der Waals surface area contributed by atoms with Gasteiger partial charge in [0.2, 0.25) is 0 Å². The van der Waals surface area contributed by atoms with E-state index < -0.39 is 0 Å². The SMILES string of the molecule is CCC(C)OCCNc1cccc(C)c1. The van der Waals surface area contributed by atoms with Crippen molar-refractivity contribution in [2.24, 2.45) is 0 Å². The maximum Gasteiger partial charge on any atom is 0.0642 e. The van der Waals surface area contributed by atoms with Crippen molar-refractivity contribution in [2.75, 3.05) is 18.5 Å². The average molecular weight is 207 g/mol. The van der Waals surface area contributed by atoms with Gasteiger partial charge in [0.1, 0.15) is 0 Å². The molecule has 0 saturated heterocycles. The molecule has 0 aliphatic heterocycles. The van der Waals surface area contributed by atoms with Gasteiger partial charge < -0.3 is 10.1 Å². The second kappa shape index (κ2) is 6.46. The third-order valence-electron chi connectivity index (χ3n) is 2.43. The average Bonchev–Trinajstić information content (AvgIpc) is 2.24. The second-order valence-electron chi connectivity index (χ2n) is 3.89. The van der Waals surface area contributed by atoms with E-state index in [0.29, 0.717) is 6.10 Å². The molecule has 0 bridgehead atoms. The monoisotopic (exact) mass is 207 g/mol. The van der Waals surface area contributed by atoms with Crippen LogP contribution in [0.2, 0.25) is 0 Å². The van der Waals surface area contributed by atoms with Gasteiger partial charge in [-0.25, -0.2) is 0 Å². The van der Waals surface area contributed by atoms with Crippen LogP contribution in [0.15, 0.2) is 24.3 Å². The van der Waals surface area contributed by atoms with Crippen molar-refractivity contribution in [3.05, 3.63) is 29.8 Å². The van der Waals surface area contributed by atoms with Crippen LogP contribution >= 0.6 is 0 Å². The van der Waals surface area contributed by atoms with E-state index in [9.17, 15) is 0 Å². The summed E-state index contributed by atoms with van der Waals surface area (Å²) in [6, 6.07) is 8.38. The van der Waals surface area contributed by atoms with Crippen LogP contribution in [0.3, 0.4) is 0 Å². The highest BCUT2D eigenvalue weighted by Crippen LogP contribution is 2.08. The van der Waals surface area contributed by atoms with Crippen molar-refractivity contribution < 1.29 is 4.74 Å². The Kier molecular flexibility index (Phi) is 5.19. The van der Waals surface area contributed by atoms with E-state index in [1.807, 2.05) is 0 Å². The lowest BCUT2D eigenvalue weighted by atomic mass is 10.2. The zero-order chi connectivity index (χ0) is 11.1. The molecule has 0 saturated carbocycles. The first kappa shape index (κ1) is 12.1. The third kappa shape index (κ3) is 4.84. The molecule has 2 heteroatoms. The van der Waals surface area contributed by atoms with Crippen LogP contribution in [0.4, 0.5) is 5.69 Å². The van der Waals surface area contributed by atoms with Crippen molar-refractivity contribution in [1.29, 1.82) is 0 Å². The van der Waals surface area contributed by atoms with Crippen LogP contribution < -0.4 is 5.32 Å². The summed E-state index contributed by atoms with van der Waals surface area (Å²) in [5.41, 5.74) is 2.45. The van der Waals surface area contributed by atoms with Crippen LogP contribution in [0.25, 0.3) is 0 Å². The number of aryl methyl sites for hydroxylation is 1. The molecule has 0 aromatic heterocycles. The van der Waals surface area contributed by atoms with E-state index in [0.717, 1.165) is 19.6 Å². The van der Waals surface area contributed by atoms with Gasteiger partial charge >= 0.3 is 0 Å². The van der Waals surface area contributed by atoms with Gasteiger partial charge in [-0.3, -0.25) is 0 Å². The third-order valence-corrected chi connectivity index (χ3v) is 2.43. The van der Waals surface area contributed by atoms with Crippen molar-refractivity contribution in [3.63, 3.8) is 0 Å². The summed E-state index contributed by atoms with van der Waals surface area (Å²) in [5.74, 6) is 0. The fourth-order valence-corrected chi connectivity index (χ4v) is 1.33. The quantitative estimate of drug-likeness (QED) is 0.723. The van der Waals surface area contributed by atoms with Crippen LogP contribution in [-0.4, -0.2) is 19.3 Å².